The van der Waals surface area contributed by atoms with Gasteiger partial charge in [0, 0.05) is 17.7 Å². The Labute approximate surface area is 250 Å². The summed E-state index contributed by atoms with van der Waals surface area (Å²) in [6.07, 6.45) is 1.17. The topological polar surface area (TPSA) is 151 Å². The molecule has 0 aromatic heterocycles. The van der Waals surface area contributed by atoms with Crippen LogP contribution in [-0.4, -0.2) is 53.4 Å². The number of halogens is 2. The van der Waals surface area contributed by atoms with Crippen LogP contribution in [0.25, 0.3) is 0 Å². The molecule has 0 unspecified atom stereocenters. The van der Waals surface area contributed by atoms with Crippen LogP contribution in [0.2, 0.25) is 0 Å². The van der Waals surface area contributed by atoms with Gasteiger partial charge in [0.05, 0.1) is 29.4 Å². The lowest BCUT2D eigenvalue weighted by atomic mass is 10.1. The van der Waals surface area contributed by atoms with Gasteiger partial charge in [-0.25, -0.2) is 14.8 Å². The molecule has 4 N–H and O–H groups in total. The number of nitrogens with one attached hydrogen (secondary N) is 1. The SMILES string of the molecule is CCOCc1ccc(C)cc1N1C(=O)CS/C1=N\C(=O)Nc1ccc(C(N)=NC=Nc2ccc(OC(F)F)cc2)cc1O. The zero-order valence-electron chi connectivity index (χ0n) is 23.2. The van der Waals surface area contributed by atoms with Gasteiger partial charge < -0.3 is 25.6 Å². The number of nitrogens with zero attached hydrogens (tertiary/aromatic N) is 4. The summed E-state index contributed by atoms with van der Waals surface area (Å²) in [5.41, 5.74) is 9.14. The minimum Gasteiger partial charge on any atom is -0.506 e. The van der Waals surface area contributed by atoms with E-state index in [4.69, 9.17) is 10.5 Å². The summed E-state index contributed by atoms with van der Waals surface area (Å²) in [4.78, 5) is 39.2. The van der Waals surface area contributed by atoms with Crippen molar-refractivity contribution < 1.29 is 33.0 Å². The van der Waals surface area contributed by atoms with Crippen molar-refractivity contribution in [2.24, 2.45) is 20.7 Å². The third-order valence-electron chi connectivity index (χ3n) is 5.91. The minimum atomic E-state index is -2.92. The third-order valence-corrected chi connectivity index (χ3v) is 6.83. The van der Waals surface area contributed by atoms with Crippen LogP contribution in [0.15, 0.2) is 75.6 Å². The van der Waals surface area contributed by atoms with Crippen LogP contribution in [0, 0.1) is 6.92 Å². The van der Waals surface area contributed by atoms with E-state index in [1.54, 1.807) is 0 Å². The molecule has 43 heavy (non-hydrogen) atoms. The molecule has 0 saturated carbocycles. The van der Waals surface area contributed by atoms with Gasteiger partial charge in [0.1, 0.15) is 23.7 Å². The molecule has 0 bridgehead atoms. The number of phenolic OH excluding ortho intramolecular Hbond substituents is 1. The van der Waals surface area contributed by atoms with Crippen molar-refractivity contribution in [3.05, 3.63) is 77.4 Å². The minimum absolute atomic E-state index is 0.00301. The molecule has 1 heterocycles. The lowest BCUT2D eigenvalue weighted by Crippen LogP contribution is -2.31. The van der Waals surface area contributed by atoms with Crippen LogP contribution in [-0.2, 0) is 16.1 Å². The van der Waals surface area contributed by atoms with Crippen molar-refractivity contribution in [2.75, 3.05) is 22.6 Å². The zero-order valence-corrected chi connectivity index (χ0v) is 24.0. The van der Waals surface area contributed by atoms with E-state index in [1.807, 2.05) is 32.0 Å². The van der Waals surface area contributed by atoms with E-state index in [0.29, 0.717) is 30.2 Å². The Kier molecular flexibility index (Phi) is 10.4. The first-order chi connectivity index (χ1) is 20.6. The van der Waals surface area contributed by atoms with E-state index in [2.05, 4.69) is 25.0 Å². The molecule has 1 aliphatic rings. The maximum Gasteiger partial charge on any atom is 0.387 e. The normalized spacial score (nSPS) is 14.7. The lowest BCUT2D eigenvalue weighted by molar-refractivity contribution is -0.115. The second kappa shape index (κ2) is 14.4. The number of amides is 3. The molecule has 3 aromatic rings. The van der Waals surface area contributed by atoms with E-state index in [1.165, 1.54) is 53.7 Å². The number of alkyl halides is 2. The van der Waals surface area contributed by atoms with Gasteiger partial charge in [0.2, 0.25) is 5.91 Å². The predicted molar refractivity (Wildman–Crippen MR) is 163 cm³/mol. The molecule has 3 aromatic carbocycles. The number of anilines is 2. The number of aryl methyl sites for hydroxylation is 1. The number of phenols is 1. The molecule has 11 nitrogen and oxygen atoms in total. The Morgan fingerprint density at radius 2 is 1.95 bits per heavy atom. The molecule has 0 radical (unpaired) electrons. The van der Waals surface area contributed by atoms with E-state index in [9.17, 15) is 23.5 Å². The van der Waals surface area contributed by atoms with E-state index in [-0.39, 0.29) is 39.8 Å². The van der Waals surface area contributed by atoms with Gasteiger partial charge in [-0.15, -0.1) is 0 Å². The summed E-state index contributed by atoms with van der Waals surface area (Å²) >= 11 is 1.13. The van der Waals surface area contributed by atoms with Crippen LogP contribution in [0.4, 0.5) is 30.6 Å². The van der Waals surface area contributed by atoms with Gasteiger partial charge in [-0.3, -0.25) is 9.69 Å². The van der Waals surface area contributed by atoms with Crippen LogP contribution in [0.5, 0.6) is 11.5 Å². The fraction of sp³-hybridized carbons (Fsp3) is 0.207. The van der Waals surface area contributed by atoms with Crippen molar-refractivity contribution in [3.63, 3.8) is 0 Å². The van der Waals surface area contributed by atoms with E-state index >= 15 is 0 Å². The highest BCUT2D eigenvalue weighted by molar-refractivity contribution is 8.15. The van der Waals surface area contributed by atoms with Gasteiger partial charge in [-0.2, -0.15) is 13.8 Å². The van der Waals surface area contributed by atoms with Crippen LogP contribution in [0.1, 0.15) is 23.6 Å². The number of carbonyl (C=O) groups excluding carboxylic acids is 2. The smallest absolute Gasteiger partial charge is 0.387 e. The number of urea groups is 1. The van der Waals surface area contributed by atoms with Crippen molar-refractivity contribution >= 4 is 58.1 Å². The fourth-order valence-corrected chi connectivity index (χ4v) is 4.73. The fourth-order valence-electron chi connectivity index (χ4n) is 3.87. The van der Waals surface area contributed by atoms with Crippen molar-refractivity contribution in [1.82, 2.24) is 0 Å². The first kappa shape index (κ1) is 31.1. The second-order valence-electron chi connectivity index (χ2n) is 8.97. The van der Waals surface area contributed by atoms with Gasteiger partial charge in [-0.1, -0.05) is 23.9 Å². The number of benzene rings is 3. The molecular formula is C29H28F2N6O5S. The van der Waals surface area contributed by atoms with Crippen molar-refractivity contribution in [2.45, 2.75) is 27.1 Å². The number of ether oxygens (including phenoxy) is 2. The second-order valence-corrected chi connectivity index (χ2v) is 9.92. The van der Waals surface area contributed by atoms with Gasteiger partial charge in [0.15, 0.2) is 5.17 Å². The number of amidine groups is 2. The Bertz CT molecular complexity index is 1580. The van der Waals surface area contributed by atoms with Gasteiger partial charge in [-0.05, 0) is 67.9 Å². The number of aliphatic imine (C=N–C) groups is 3. The largest absolute Gasteiger partial charge is 0.506 e. The van der Waals surface area contributed by atoms with E-state index in [0.717, 1.165) is 22.9 Å². The summed E-state index contributed by atoms with van der Waals surface area (Å²) in [5, 5.41) is 13.2. The van der Waals surface area contributed by atoms with Crippen molar-refractivity contribution in [3.8, 4) is 11.5 Å². The third kappa shape index (κ3) is 8.36. The molecule has 1 fully saturated rings. The molecule has 0 atom stereocenters. The molecule has 1 saturated heterocycles. The maximum absolute atomic E-state index is 12.8. The summed E-state index contributed by atoms with van der Waals surface area (Å²) in [5.74, 6) is -0.373. The summed E-state index contributed by atoms with van der Waals surface area (Å²) in [6.45, 7) is 1.65. The first-order valence-electron chi connectivity index (χ1n) is 12.9. The number of thioether (sulfide) groups is 1. The lowest BCUT2D eigenvalue weighted by Gasteiger charge is -2.20. The van der Waals surface area contributed by atoms with Crippen LogP contribution >= 0.6 is 11.8 Å². The van der Waals surface area contributed by atoms with Gasteiger partial charge >= 0.3 is 12.6 Å². The molecule has 224 valence electrons. The van der Waals surface area contributed by atoms with Crippen LogP contribution < -0.4 is 20.7 Å². The quantitative estimate of drug-likeness (QED) is 0.154. The average Bonchev–Trinajstić information content (AvgIpc) is 3.33. The number of hydrogen-bond donors (Lipinski definition) is 3. The Morgan fingerprint density at radius 3 is 2.65 bits per heavy atom. The predicted octanol–water partition coefficient (Wildman–Crippen LogP) is 5.57. The van der Waals surface area contributed by atoms with Crippen LogP contribution in [0.3, 0.4) is 0 Å². The molecule has 0 spiro atoms. The number of carbonyl (C=O) groups is 2. The number of aromatic hydroxyl groups is 1. The van der Waals surface area contributed by atoms with E-state index < -0.39 is 12.6 Å². The first-order valence-corrected chi connectivity index (χ1v) is 13.9. The highest BCUT2D eigenvalue weighted by atomic mass is 32.2. The highest BCUT2D eigenvalue weighted by Gasteiger charge is 2.32. The monoisotopic (exact) mass is 610 g/mol. The number of hydrogen-bond acceptors (Lipinski definition) is 7. The van der Waals surface area contributed by atoms with Gasteiger partial charge in [0.25, 0.3) is 0 Å². The molecule has 3 amide bonds. The summed E-state index contributed by atoms with van der Waals surface area (Å²) in [7, 11) is 0. The van der Waals surface area contributed by atoms with Crippen molar-refractivity contribution in [1.29, 1.82) is 0 Å². The number of rotatable bonds is 10. The molecule has 14 heteroatoms. The summed E-state index contributed by atoms with van der Waals surface area (Å²) < 4.78 is 34.4. The molecule has 4 rings (SSSR count). The number of nitrogens with two attached hydrogens (primary N) is 1. The highest BCUT2D eigenvalue weighted by Crippen LogP contribution is 2.32. The Hall–Kier alpha value is -4.82. The Morgan fingerprint density at radius 1 is 1.19 bits per heavy atom. The zero-order chi connectivity index (χ0) is 30.9. The molecule has 1 aliphatic heterocycles. The Balaban J connectivity index is 1.44. The molecular weight excluding hydrogens is 582 g/mol. The summed E-state index contributed by atoms with van der Waals surface area (Å²) in [6, 6.07) is 14.7. The maximum atomic E-state index is 12.8. The standard InChI is InChI=1S/C29H28F2N6O5S/c1-3-41-14-19-5-4-17(2)12-23(19)37-25(39)15-43-29(37)36-28(40)35-22-11-6-18(13-24(22)38)26(32)34-16-33-20-7-9-21(10-8-20)42-27(30)31/h4-13,16,27,38H,3,14-15H2,1-2H3,(H,35,40)(H2,32,33,34)/b36-29-. The average molecular weight is 611 g/mol. The molecule has 0 aliphatic carbocycles.